The number of hydrogen-bond acceptors (Lipinski definition) is 3. The SMILES string of the molecule is O=C(O)C1(c2coc(C3CCCCC3)n2)CC1. The van der Waals surface area contributed by atoms with Gasteiger partial charge in [-0.2, -0.15) is 0 Å². The average Bonchev–Trinajstić information content (AvgIpc) is 3.02. The van der Waals surface area contributed by atoms with E-state index in [0.717, 1.165) is 18.7 Å². The maximum Gasteiger partial charge on any atom is 0.315 e. The highest BCUT2D eigenvalue weighted by molar-refractivity contribution is 5.84. The highest BCUT2D eigenvalue weighted by Crippen LogP contribution is 2.48. The summed E-state index contributed by atoms with van der Waals surface area (Å²) >= 11 is 0. The predicted molar refractivity (Wildman–Crippen MR) is 60.9 cm³/mol. The Bertz CT molecular complexity index is 428. The molecule has 92 valence electrons. The first kappa shape index (κ1) is 10.8. The minimum Gasteiger partial charge on any atom is -0.481 e. The Morgan fingerprint density at radius 1 is 1.35 bits per heavy atom. The van der Waals surface area contributed by atoms with Gasteiger partial charge in [0.2, 0.25) is 0 Å². The van der Waals surface area contributed by atoms with Crippen LogP contribution in [0.3, 0.4) is 0 Å². The molecular weight excluding hydrogens is 218 g/mol. The number of aromatic nitrogens is 1. The van der Waals surface area contributed by atoms with E-state index in [2.05, 4.69) is 4.98 Å². The van der Waals surface area contributed by atoms with E-state index in [-0.39, 0.29) is 0 Å². The van der Waals surface area contributed by atoms with E-state index in [0.29, 0.717) is 24.5 Å². The lowest BCUT2D eigenvalue weighted by Gasteiger charge is -2.17. The Hall–Kier alpha value is -1.32. The van der Waals surface area contributed by atoms with E-state index in [1.807, 2.05) is 0 Å². The maximum absolute atomic E-state index is 11.2. The lowest BCUT2D eigenvalue weighted by atomic mass is 9.89. The van der Waals surface area contributed by atoms with Gasteiger partial charge in [-0.25, -0.2) is 4.98 Å². The lowest BCUT2D eigenvalue weighted by Crippen LogP contribution is -2.20. The van der Waals surface area contributed by atoms with Gasteiger partial charge in [0, 0.05) is 5.92 Å². The number of carboxylic acid groups (broad SMARTS) is 1. The number of oxazole rings is 1. The third kappa shape index (κ3) is 1.75. The number of nitrogens with zero attached hydrogens (tertiary/aromatic N) is 1. The van der Waals surface area contributed by atoms with Crippen molar-refractivity contribution in [2.75, 3.05) is 0 Å². The van der Waals surface area contributed by atoms with E-state index in [1.165, 1.54) is 19.3 Å². The molecule has 2 aliphatic rings. The van der Waals surface area contributed by atoms with Crippen LogP contribution in [-0.4, -0.2) is 16.1 Å². The van der Waals surface area contributed by atoms with Gasteiger partial charge in [-0.05, 0) is 25.7 Å². The summed E-state index contributed by atoms with van der Waals surface area (Å²) in [6, 6.07) is 0. The van der Waals surface area contributed by atoms with Gasteiger partial charge < -0.3 is 9.52 Å². The molecule has 2 aliphatic carbocycles. The molecule has 1 aromatic heterocycles. The van der Waals surface area contributed by atoms with Crippen LogP contribution in [0.4, 0.5) is 0 Å². The second-order valence-corrected chi connectivity index (χ2v) is 5.29. The molecule has 2 saturated carbocycles. The van der Waals surface area contributed by atoms with E-state index >= 15 is 0 Å². The zero-order valence-electron chi connectivity index (χ0n) is 9.82. The average molecular weight is 235 g/mol. The molecule has 0 amide bonds. The molecule has 1 aromatic rings. The Morgan fingerprint density at radius 2 is 2.06 bits per heavy atom. The summed E-state index contributed by atoms with van der Waals surface area (Å²) in [5.41, 5.74) is -0.0956. The summed E-state index contributed by atoms with van der Waals surface area (Å²) in [4.78, 5) is 15.6. The Labute approximate surface area is 100 Å². The van der Waals surface area contributed by atoms with Crippen LogP contribution in [-0.2, 0) is 10.2 Å². The second kappa shape index (κ2) is 3.86. The van der Waals surface area contributed by atoms with Crippen LogP contribution in [0, 0.1) is 0 Å². The fraction of sp³-hybridized carbons (Fsp3) is 0.692. The Morgan fingerprint density at radius 3 is 2.65 bits per heavy atom. The van der Waals surface area contributed by atoms with Gasteiger partial charge in [0.25, 0.3) is 0 Å². The number of aliphatic carboxylic acids is 1. The molecule has 17 heavy (non-hydrogen) atoms. The third-order valence-corrected chi connectivity index (χ3v) is 4.13. The van der Waals surface area contributed by atoms with Gasteiger partial charge in [0.05, 0.1) is 5.69 Å². The number of carbonyl (C=O) groups is 1. The smallest absolute Gasteiger partial charge is 0.315 e. The van der Waals surface area contributed by atoms with Crippen molar-refractivity contribution >= 4 is 5.97 Å². The third-order valence-electron chi connectivity index (χ3n) is 4.13. The van der Waals surface area contributed by atoms with Crippen molar-refractivity contribution in [3.63, 3.8) is 0 Å². The van der Waals surface area contributed by atoms with E-state index in [4.69, 9.17) is 4.42 Å². The van der Waals surface area contributed by atoms with Crippen LogP contribution in [0.25, 0.3) is 0 Å². The first-order chi connectivity index (χ1) is 8.22. The minimum absolute atomic E-state index is 0.405. The first-order valence-corrected chi connectivity index (χ1v) is 6.42. The molecule has 0 bridgehead atoms. The van der Waals surface area contributed by atoms with Gasteiger partial charge in [-0.1, -0.05) is 19.3 Å². The standard InChI is InChI=1S/C13H17NO3/c15-12(16)13(6-7-13)10-8-17-11(14-10)9-4-2-1-3-5-9/h8-9H,1-7H2,(H,15,16). The monoisotopic (exact) mass is 235 g/mol. The fourth-order valence-corrected chi connectivity index (χ4v) is 2.75. The van der Waals surface area contributed by atoms with Gasteiger partial charge in [0.1, 0.15) is 11.7 Å². The molecule has 4 heteroatoms. The van der Waals surface area contributed by atoms with Crippen molar-refractivity contribution < 1.29 is 14.3 Å². The lowest BCUT2D eigenvalue weighted by molar-refractivity contribution is -0.140. The molecule has 0 spiro atoms. The largest absolute Gasteiger partial charge is 0.481 e. The molecule has 0 aromatic carbocycles. The molecule has 0 atom stereocenters. The molecule has 3 rings (SSSR count). The molecule has 1 heterocycles. The van der Waals surface area contributed by atoms with Crippen LogP contribution in [0.2, 0.25) is 0 Å². The first-order valence-electron chi connectivity index (χ1n) is 6.42. The van der Waals surface area contributed by atoms with Gasteiger partial charge in [-0.3, -0.25) is 4.79 Å². The zero-order valence-corrected chi connectivity index (χ0v) is 9.82. The highest BCUT2D eigenvalue weighted by Gasteiger charge is 2.54. The van der Waals surface area contributed by atoms with Gasteiger partial charge >= 0.3 is 5.97 Å². The Kier molecular flexibility index (Phi) is 2.45. The molecule has 0 saturated heterocycles. The molecule has 0 unspecified atom stereocenters. The van der Waals surface area contributed by atoms with Crippen molar-refractivity contribution in [3.8, 4) is 0 Å². The van der Waals surface area contributed by atoms with Crippen molar-refractivity contribution in [1.29, 1.82) is 0 Å². The van der Waals surface area contributed by atoms with Crippen LogP contribution in [0.5, 0.6) is 0 Å². The van der Waals surface area contributed by atoms with Crippen LogP contribution < -0.4 is 0 Å². The van der Waals surface area contributed by atoms with E-state index in [1.54, 1.807) is 6.26 Å². The normalized spacial score (nSPS) is 23.5. The summed E-state index contributed by atoms with van der Waals surface area (Å²) in [5.74, 6) is 0.398. The number of carboxylic acids is 1. The van der Waals surface area contributed by atoms with Crippen LogP contribution >= 0.6 is 0 Å². The van der Waals surface area contributed by atoms with E-state index < -0.39 is 11.4 Å². The highest BCUT2D eigenvalue weighted by atomic mass is 16.4. The summed E-state index contributed by atoms with van der Waals surface area (Å²) in [6.07, 6.45) is 8.95. The molecule has 0 aliphatic heterocycles. The minimum atomic E-state index is -0.763. The number of hydrogen-bond donors (Lipinski definition) is 1. The summed E-state index contributed by atoms with van der Waals surface area (Å²) in [5, 5.41) is 9.20. The van der Waals surface area contributed by atoms with E-state index in [9.17, 15) is 9.90 Å². The van der Waals surface area contributed by atoms with Crippen molar-refractivity contribution in [2.24, 2.45) is 0 Å². The maximum atomic E-state index is 11.2. The van der Waals surface area contributed by atoms with Gasteiger partial charge in [-0.15, -0.1) is 0 Å². The zero-order chi connectivity index (χ0) is 11.9. The molecule has 1 N–H and O–H groups in total. The van der Waals surface area contributed by atoms with Crippen LogP contribution in [0.15, 0.2) is 10.7 Å². The molecule has 4 nitrogen and oxygen atoms in total. The van der Waals surface area contributed by atoms with Crippen molar-refractivity contribution in [2.45, 2.75) is 56.3 Å². The Balaban J connectivity index is 1.80. The topological polar surface area (TPSA) is 63.3 Å². The van der Waals surface area contributed by atoms with Crippen LogP contribution in [0.1, 0.15) is 62.4 Å². The quantitative estimate of drug-likeness (QED) is 0.875. The summed E-state index contributed by atoms with van der Waals surface area (Å²) in [7, 11) is 0. The predicted octanol–water partition coefficient (Wildman–Crippen LogP) is 2.84. The van der Waals surface area contributed by atoms with Crippen molar-refractivity contribution in [3.05, 3.63) is 17.8 Å². The van der Waals surface area contributed by atoms with Gasteiger partial charge in [0.15, 0.2) is 5.89 Å². The number of rotatable bonds is 3. The fourth-order valence-electron chi connectivity index (χ4n) is 2.75. The summed E-state index contributed by atoms with van der Waals surface area (Å²) < 4.78 is 5.51. The van der Waals surface area contributed by atoms with Crippen molar-refractivity contribution in [1.82, 2.24) is 4.98 Å². The second-order valence-electron chi connectivity index (χ2n) is 5.29. The summed E-state index contributed by atoms with van der Waals surface area (Å²) in [6.45, 7) is 0. The molecular formula is C13H17NO3. The molecule has 0 radical (unpaired) electrons. The molecule has 2 fully saturated rings.